The quantitative estimate of drug-likeness (QED) is 0.850. The molecule has 15 heavy (non-hydrogen) atoms. The van der Waals surface area contributed by atoms with E-state index in [-0.39, 0.29) is 0 Å². The molecule has 0 amide bonds. The molecular weight excluding hydrogens is 208 g/mol. The van der Waals surface area contributed by atoms with Gasteiger partial charge in [0.05, 0.1) is 0 Å². The van der Waals surface area contributed by atoms with Crippen molar-refractivity contribution in [2.45, 2.75) is 26.3 Å². The van der Waals surface area contributed by atoms with Gasteiger partial charge in [0.1, 0.15) is 10.7 Å². The van der Waals surface area contributed by atoms with E-state index in [1.54, 1.807) is 0 Å². The van der Waals surface area contributed by atoms with Gasteiger partial charge in [-0.05, 0) is 18.9 Å². The van der Waals surface area contributed by atoms with Gasteiger partial charge < -0.3 is 5.32 Å². The third kappa shape index (κ3) is 2.46. The Morgan fingerprint density at radius 2 is 2.47 bits per heavy atom. The van der Waals surface area contributed by atoms with Crippen LogP contribution in [-0.2, 0) is 6.54 Å². The van der Waals surface area contributed by atoms with E-state index in [9.17, 15) is 0 Å². The van der Waals surface area contributed by atoms with Gasteiger partial charge in [-0.25, -0.2) is 0 Å². The molecule has 1 unspecified atom stereocenters. The van der Waals surface area contributed by atoms with E-state index < -0.39 is 0 Å². The van der Waals surface area contributed by atoms with Crippen LogP contribution in [0.4, 0.5) is 5.00 Å². The summed E-state index contributed by atoms with van der Waals surface area (Å²) in [5.74, 6) is 0.884. The maximum absolute atomic E-state index is 4.17. The minimum Gasteiger partial charge on any atom is -0.377 e. The van der Waals surface area contributed by atoms with Crippen molar-refractivity contribution >= 4 is 16.5 Å². The summed E-state index contributed by atoms with van der Waals surface area (Å²) >= 11 is 1.44. The summed E-state index contributed by atoms with van der Waals surface area (Å²) in [4.78, 5) is 2.48. The van der Waals surface area contributed by atoms with Crippen LogP contribution in [0.15, 0.2) is 0 Å². The lowest BCUT2D eigenvalue weighted by atomic mass is 10.1. The van der Waals surface area contributed by atoms with E-state index in [1.807, 2.05) is 7.05 Å². The second kappa shape index (κ2) is 4.90. The normalized spacial score (nSPS) is 22.1. The lowest BCUT2D eigenvalue weighted by Crippen LogP contribution is -2.20. The van der Waals surface area contributed by atoms with Crippen molar-refractivity contribution in [1.82, 2.24) is 14.5 Å². The Labute approximate surface area is 94.8 Å². The van der Waals surface area contributed by atoms with E-state index >= 15 is 0 Å². The number of rotatable bonds is 4. The number of hydrogen-bond donors (Lipinski definition) is 1. The fourth-order valence-corrected chi connectivity index (χ4v) is 2.63. The van der Waals surface area contributed by atoms with E-state index in [0.717, 1.165) is 23.2 Å². The van der Waals surface area contributed by atoms with Gasteiger partial charge in [0.2, 0.25) is 0 Å². The van der Waals surface area contributed by atoms with Crippen LogP contribution in [-0.4, -0.2) is 34.6 Å². The molecular formula is C10H18N4S. The third-order valence-electron chi connectivity index (χ3n) is 3.10. The maximum Gasteiger partial charge on any atom is 0.134 e. The summed E-state index contributed by atoms with van der Waals surface area (Å²) in [7, 11) is 1.93. The molecule has 0 saturated carbocycles. The van der Waals surface area contributed by atoms with E-state index in [4.69, 9.17) is 0 Å². The molecule has 1 aliphatic rings. The Morgan fingerprint density at radius 3 is 3.13 bits per heavy atom. The molecule has 2 rings (SSSR count). The Kier molecular flexibility index (Phi) is 3.53. The first-order chi connectivity index (χ1) is 7.33. The van der Waals surface area contributed by atoms with Crippen LogP contribution >= 0.6 is 11.5 Å². The molecule has 0 aromatic carbocycles. The van der Waals surface area contributed by atoms with Gasteiger partial charge >= 0.3 is 0 Å². The lowest BCUT2D eigenvalue weighted by Gasteiger charge is -2.14. The summed E-state index contributed by atoms with van der Waals surface area (Å²) in [5, 5.41) is 8.41. The van der Waals surface area contributed by atoms with Crippen LogP contribution < -0.4 is 5.32 Å². The summed E-state index contributed by atoms with van der Waals surface area (Å²) in [6.07, 6.45) is 2.63. The first-order valence-electron chi connectivity index (χ1n) is 5.54. The van der Waals surface area contributed by atoms with Crippen molar-refractivity contribution < 1.29 is 0 Å². The summed E-state index contributed by atoms with van der Waals surface area (Å²) in [6, 6.07) is 0. The number of aromatic nitrogens is 2. The first kappa shape index (κ1) is 10.8. The second-order valence-electron chi connectivity index (χ2n) is 4.10. The topological polar surface area (TPSA) is 41.1 Å². The SMILES string of the molecule is CCC1CCN(Cc2nnsc2NC)C1. The van der Waals surface area contributed by atoms with Crippen molar-refractivity contribution in [3.05, 3.63) is 5.69 Å². The molecule has 1 aliphatic heterocycles. The van der Waals surface area contributed by atoms with Gasteiger partial charge in [-0.15, -0.1) is 5.10 Å². The fourth-order valence-electron chi connectivity index (χ4n) is 2.10. The zero-order valence-electron chi connectivity index (χ0n) is 9.36. The molecule has 1 fully saturated rings. The zero-order valence-corrected chi connectivity index (χ0v) is 10.2. The highest BCUT2D eigenvalue weighted by molar-refractivity contribution is 7.10. The van der Waals surface area contributed by atoms with Gasteiger partial charge in [0.15, 0.2) is 0 Å². The van der Waals surface area contributed by atoms with Gasteiger partial charge in [-0.2, -0.15) is 0 Å². The molecule has 0 aliphatic carbocycles. The summed E-state index contributed by atoms with van der Waals surface area (Å²) in [5.41, 5.74) is 1.10. The maximum atomic E-state index is 4.17. The smallest absolute Gasteiger partial charge is 0.134 e. The number of nitrogens with zero attached hydrogens (tertiary/aromatic N) is 3. The summed E-state index contributed by atoms with van der Waals surface area (Å²) < 4.78 is 3.98. The van der Waals surface area contributed by atoms with Crippen LogP contribution in [0.5, 0.6) is 0 Å². The molecule has 1 aromatic heterocycles. The highest BCUT2D eigenvalue weighted by Gasteiger charge is 2.22. The zero-order chi connectivity index (χ0) is 10.7. The first-order valence-corrected chi connectivity index (χ1v) is 6.32. The lowest BCUT2D eigenvalue weighted by molar-refractivity contribution is 0.312. The van der Waals surface area contributed by atoms with Crippen LogP contribution in [0.1, 0.15) is 25.5 Å². The van der Waals surface area contributed by atoms with Crippen LogP contribution in [0.3, 0.4) is 0 Å². The van der Waals surface area contributed by atoms with Crippen LogP contribution in [0.2, 0.25) is 0 Å². The molecule has 0 radical (unpaired) electrons. The van der Waals surface area contributed by atoms with Gasteiger partial charge in [0, 0.05) is 31.7 Å². The average Bonchev–Trinajstić information content (AvgIpc) is 2.87. The van der Waals surface area contributed by atoms with Crippen molar-refractivity contribution in [1.29, 1.82) is 0 Å². The molecule has 1 aromatic rings. The Bertz CT molecular complexity index is 312. The fraction of sp³-hybridized carbons (Fsp3) is 0.800. The van der Waals surface area contributed by atoms with Gasteiger partial charge in [-0.3, -0.25) is 4.90 Å². The predicted molar refractivity (Wildman–Crippen MR) is 63.1 cm³/mol. The predicted octanol–water partition coefficient (Wildman–Crippen LogP) is 1.81. The van der Waals surface area contributed by atoms with Gasteiger partial charge in [-0.1, -0.05) is 17.8 Å². The molecule has 4 nitrogen and oxygen atoms in total. The van der Waals surface area contributed by atoms with Crippen molar-refractivity contribution in [2.24, 2.45) is 5.92 Å². The number of hydrogen-bond acceptors (Lipinski definition) is 5. The molecule has 1 N–H and O–H groups in total. The van der Waals surface area contributed by atoms with E-state index in [0.29, 0.717) is 0 Å². The Morgan fingerprint density at radius 1 is 1.60 bits per heavy atom. The monoisotopic (exact) mass is 226 g/mol. The van der Waals surface area contributed by atoms with Crippen molar-refractivity contribution in [2.75, 3.05) is 25.5 Å². The standard InChI is InChI=1S/C10H18N4S/c1-3-8-4-5-14(6-8)7-9-10(11-2)15-13-12-9/h8,11H,3-7H2,1-2H3. The van der Waals surface area contributed by atoms with Crippen molar-refractivity contribution in [3.8, 4) is 0 Å². The minimum atomic E-state index is 0.884. The minimum absolute atomic E-state index is 0.884. The highest BCUT2D eigenvalue weighted by atomic mass is 32.1. The van der Waals surface area contributed by atoms with Crippen LogP contribution in [0, 0.1) is 5.92 Å². The average molecular weight is 226 g/mol. The second-order valence-corrected chi connectivity index (χ2v) is 4.85. The summed E-state index contributed by atoms with van der Waals surface area (Å²) in [6.45, 7) is 5.65. The number of anilines is 1. The van der Waals surface area contributed by atoms with Crippen LogP contribution in [0.25, 0.3) is 0 Å². The van der Waals surface area contributed by atoms with Gasteiger partial charge in [0.25, 0.3) is 0 Å². The van der Waals surface area contributed by atoms with E-state index in [1.165, 1.54) is 37.5 Å². The molecule has 1 atom stereocenters. The largest absolute Gasteiger partial charge is 0.377 e. The molecule has 0 spiro atoms. The molecule has 2 heterocycles. The molecule has 5 heteroatoms. The third-order valence-corrected chi connectivity index (χ3v) is 3.89. The number of likely N-dealkylation sites (tertiary alicyclic amines) is 1. The molecule has 1 saturated heterocycles. The number of nitrogens with one attached hydrogen (secondary N) is 1. The Hall–Kier alpha value is -0.680. The Balaban J connectivity index is 1.92. The van der Waals surface area contributed by atoms with Crippen molar-refractivity contribution in [3.63, 3.8) is 0 Å². The molecule has 0 bridgehead atoms. The van der Waals surface area contributed by atoms with E-state index in [2.05, 4.69) is 26.7 Å². The highest BCUT2D eigenvalue weighted by Crippen LogP contribution is 2.24. The molecule has 84 valence electrons.